The van der Waals surface area contributed by atoms with E-state index in [-0.39, 0.29) is 29.7 Å². The van der Waals surface area contributed by atoms with E-state index >= 15 is 0 Å². The van der Waals surface area contributed by atoms with Gasteiger partial charge in [-0.05, 0) is 6.92 Å². The molecule has 6 nitrogen and oxygen atoms in total. The van der Waals surface area contributed by atoms with Crippen LogP contribution in [-0.4, -0.2) is 52.3 Å². The summed E-state index contributed by atoms with van der Waals surface area (Å²) in [5, 5.41) is 0. The molecule has 1 aliphatic heterocycles. The Balaban J connectivity index is 2.01. The van der Waals surface area contributed by atoms with Crippen LogP contribution >= 0.6 is 0 Å². The van der Waals surface area contributed by atoms with Crippen molar-refractivity contribution in [1.29, 1.82) is 0 Å². The second-order valence-corrected chi connectivity index (χ2v) is 5.12. The Morgan fingerprint density at radius 2 is 2.16 bits per heavy atom. The van der Waals surface area contributed by atoms with Gasteiger partial charge in [0.15, 0.2) is 0 Å². The Morgan fingerprint density at radius 3 is 2.68 bits per heavy atom. The molecule has 104 valence electrons. The average Bonchev–Trinajstić information content (AvgIpc) is 2.90. The van der Waals surface area contributed by atoms with Gasteiger partial charge in [0.2, 0.25) is 5.91 Å². The van der Waals surface area contributed by atoms with Crippen LogP contribution in [0, 0.1) is 5.92 Å². The molecule has 1 unspecified atom stereocenters. The van der Waals surface area contributed by atoms with Gasteiger partial charge in [0.25, 0.3) is 5.89 Å². The molecule has 0 radical (unpaired) electrons. The minimum atomic E-state index is -0.214. The molecular weight excluding hydrogens is 246 g/mol. The normalized spacial score (nSPS) is 19.9. The fourth-order valence-electron chi connectivity index (χ4n) is 2.28. The summed E-state index contributed by atoms with van der Waals surface area (Å²) in [6, 6.07) is -0.0316. The first kappa shape index (κ1) is 13.6. The number of piperazine rings is 1. The van der Waals surface area contributed by atoms with Crippen molar-refractivity contribution in [3.8, 4) is 0 Å². The molecule has 1 aliphatic rings. The lowest BCUT2D eigenvalue weighted by molar-refractivity contribution is -0.136. The van der Waals surface area contributed by atoms with Crippen LogP contribution < -0.4 is 0 Å². The molecule has 1 aromatic rings. The smallest absolute Gasteiger partial charge is 0.310 e. The molecule has 1 aromatic heterocycles. The van der Waals surface area contributed by atoms with Crippen molar-refractivity contribution in [1.82, 2.24) is 14.8 Å². The van der Waals surface area contributed by atoms with Crippen LogP contribution in [-0.2, 0) is 4.79 Å². The largest absolute Gasteiger partial charge is 0.441 e. The zero-order chi connectivity index (χ0) is 14.0. The van der Waals surface area contributed by atoms with Gasteiger partial charge in [-0.3, -0.25) is 9.59 Å². The summed E-state index contributed by atoms with van der Waals surface area (Å²) < 4.78 is 5.03. The zero-order valence-electron chi connectivity index (χ0n) is 11.5. The lowest BCUT2D eigenvalue weighted by Crippen LogP contribution is -2.56. The number of nitrogens with zero attached hydrogens (tertiary/aromatic N) is 3. The van der Waals surface area contributed by atoms with Crippen LogP contribution in [0.3, 0.4) is 0 Å². The van der Waals surface area contributed by atoms with E-state index in [0.717, 1.165) is 0 Å². The topological polar surface area (TPSA) is 66.7 Å². The van der Waals surface area contributed by atoms with Crippen molar-refractivity contribution >= 4 is 11.8 Å². The highest BCUT2D eigenvalue weighted by Crippen LogP contribution is 2.15. The molecule has 2 rings (SSSR count). The summed E-state index contributed by atoms with van der Waals surface area (Å²) in [5.74, 6) is 0.0147. The lowest BCUT2D eigenvalue weighted by Gasteiger charge is -2.39. The van der Waals surface area contributed by atoms with Crippen LogP contribution in [0.2, 0.25) is 0 Å². The Kier molecular flexibility index (Phi) is 3.87. The van der Waals surface area contributed by atoms with E-state index in [0.29, 0.717) is 19.6 Å². The molecule has 0 aliphatic carbocycles. The summed E-state index contributed by atoms with van der Waals surface area (Å²) >= 11 is 0. The summed E-state index contributed by atoms with van der Waals surface area (Å²) in [6.07, 6.45) is 2.84. The highest BCUT2D eigenvalue weighted by atomic mass is 16.4. The maximum atomic E-state index is 12.1. The van der Waals surface area contributed by atoms with Crippen molar-refractivity contribution in [2.45, 2.75) is 26.8 Å². The second-order valence-electron chi connectivity index (χ2n) is 5.12. The Bertz CT molecular complexity index is 456. The van der Waals surface area contributed by atoms with Crippen LogP contribution in [0.15, 0.2) is 16.9 Å². The molecule has 2 heterocycles. The van der Waals surface area contributed by atoms with E-state index in [4.69, 9.17) is 4.42 Å². The Morgan fingerprint density at radius 1 is 1.42 bits per heavy atom. The van der Waals surface area contributed by atoms with Gasteiger partial charge < -0.3 is 14.2 Å². The highest BCUT2D eigenvalue weighted by Gasteiger charge is 2.32. The summed E-state index contributed by atoms with van der Waals surface area (Å²) in [4.78, 5) is 31.5. The molecule has 0 spiro atoms. The van der Waals surface area contributed by atoms with Crippen molar-refractivity contribution < 1.29 is 14.0 Å². The SMILES string of the molecule is CC(C)C(=O)N1CCN(C(=O)c2ncco2)C(C)C1. The molecule has 0 aromatic carbocycles. The second kappa shape index (κ2) is 5.42. The molecule has 1 saturated heterocycles. The van der Waals surface area contributed by atoms with E-state index in [1.54, 1.807) is 4.90 Å². The molecular formula is C13H19N3O3. The van der Waals surface area contributed by atoms with Crippen molar-refractivity contribution in [3.63, 3.8) is 0 Å². The quantitative estimate of drug-likeness (QED) is 0.800. The van der Waals surface area contributed by atoms with Crippen molar-refractivity contribution in [2.24, 2.45) is 5.92 Å². The number of rotatable bonds is 2. The molecule has 2 amide bonds. The Hall–Kier alpha value is -1.85. The van der Waals surface area contributed by atoms with Crippen LogP contribution in [0.25, 0.3) is 0 Å². The zero-order valence-corrected chi connectivity index (χ0v) is 11.5. The van der Waals surface area contributed by atoms with Gasteiger partial charge in [0.05, 0.1) is 6.20 Å². The molecule has 1 fully saturated rings. The van der Waals surface area contributed by atoms with Gasteiger partial charge in [0, 0.05) is 31.6 Å². The predicted molar refractivity (Wildman–Crippen MR) is 68.4 cm³/mol. The third kappa shape index (κ3) is 2.77. The number of hydrogen-bond acceptors (Lipinski definition) is 4. The number of amides is 2. The molecule has 19 heavy (non-hydrogen) atoms. The highest BCUT2D eigenvalue weighted by molar-refractivity contribution is 5.90. The summed E-state index contributed by atoms with van der Waals surface area (Å²) in [6.45, 7) is 7.34. The van der Waals surface area contributed by atoms with E-state index in [1.807, 2.05) is 25.7 Å². The average molecular weight is 265 g/mol. The number of carbonyl (C=O) groups is 2. The number of carbonyl (C=O) groups excluding carboxylic acids is 2. The first-order chi connectivity index (χ1) is 9.00. The number of aromatic nitrogens is 1. The maximum Gasteiger partial charge on any atom is 0.310 e. The third-order valence-corrected chi connectivity index (χ3v) is 3.31. The first-order valence-corrected chi connectivity index (χ1v) is 6.50. The van der Waals surface area contributed by atoms with Crippen molar-refractivity contribution in [3.05, 3.63) is 18.4 Å². The fourth-order valence-corrected chi connectivity index (χ4v) is 2.28. The van der Waals surface area contributed by atoms with Crippen LogP contribution in [0.5, 0.6) is 0 Å². The van der Waals surface area contributed by atoms with Gasteiger partial charge in [-0.2, -0.15) is 0 Å². The fraction of sp³-hybridized carbons (Fsp3) is 0.615. The van der Waals surface area contributed by atoms with E-state index in [2.05, 4.69) is 4.98 Å². The molecule has 0 saturated carbocycles. The van der Waals surface area contributed by atoms with Gasteiger partial charge in [-0.15, -0.1) is 0 Å². The molecule has 6 heteroatoms. The number of hydrogen-bond donors (Lipinski definition) is 0. The van der Waals surface area contributed by atoms with E-state index in [9.17, 15) is 9.59 Å². The molecule has 0 bridgehead atoms. The lowest BCUT2D eigenvalue weighted by atomic mass is 10.1. The van der Waals surface area contributed by atoms with Crippen LogP contribution in [0.1, 0.15) is 31.5 Å². The van der Waals surface area contributed by atoms with Gasteiger partial charge in [-0.25, -0.2) is 4.98 Å². The minimum absolute atomic E-state index is 0.0128. The third-order valence-electron chi connectivity index (χ3n) is 3.31. The van der Waals surface area contributed by atoms with Gasteiger partial charge in [-0.1, -0.05) is 13.8 Å². The van der Waals surface area contributed by atoms with Crippen molar-refractivity contribution in [2.75, 3.05) is 19.6 Å². The first-order valence-electron chi connectivity index (χ1n) is 6.50. The van der Waals surface area contributed by atoms with E-state index in [1.165, 1.54) is 12.5 Å². The summed E-state index contributed by atoms with van der Waals surface area (Å²) in [7, 11) is 0. The monoisotopic (exact) mass is 265 g/mol. The van der Waals surface area contributed by atoms with Gasteiger partial charge >= 0.3 is 5.91 Å². The molecule has 1 atom stereocenters. The standard InChI is InChI=1S/C13H19N3O3/c1-9(2)12(17)15-5-6-16(10(3)8-15)13(18)11-14-4-7-19-11/h4,7,9-10H,5-6,8H2,1-3H3. The number of oxazole rings is 1. The predicted octanol–water partition coefficient (Wildman–Crippen LogP) is 1.00. The van der Waals surface area contributed by atoms with Gasteiger partial charge in [0.1, 0.15) is 6.26 Å². The Labute approximate surface area is 112 Å². The van der Waals surface area contributed by atoms with Crippen LogP contribution in [0.4, 0.5) is 0 Å². The maximum absolute atomic E-state index is 12.1. The van der Waals surface area contributed by atoms with E-state index < -0.39 is 0 Å². The summed E-state index contributed by atoms with van der Waals surface area (Å²) in [5.41, 5.74) is 0. The molecule has 0 N–H and O–H groups in total. The minimum Gasteiger partial charge on any atom is -0.441 e.